The Morgan fingerprint density at radius 1 is 1.22 bits per heavy atom. The number of benzene rings is 1. The maximum atomic E-state index is 13.2. The minimum absolute atomic E-state index is 0.0454. The number of halogens is 1. The van der Waals surface area contributed by atoms with Crippen molar-refractivity contribution in [2.75, 3.05) is 13.1 Å². The highest BCUT2D eigenvalue weighted by atomic mass is 19.1. The Balaban J connectivity index is 1.49. The molecule has 0 unspecified atom stereocenters. The van der Waals surface area contributed by atoms with Crippen LogP contribution < -0.4 is 0 Å². The molecule has 0 radical (unpaired) electrons. The lowest BCUT2D eigenvalue weighted by molar-refractivity contribution is 0.149. The molecule has 2 heterocycles. The third-order valence-electron chi connectivity index (χ3n) is 4.59. The average molecular weight is 317 g/mol. The van der Waals surface area contributed by atoms with E-state index < -0.39 is 0 Å². The lowest BCUT2D eigenvalue weighted by Crippen LogP contribution is -2.35. The van der Waals surface area contributed by atoms with Crippen LogP contribution in [0.2, 0.25) is 0 Å². The molecule has 1 aliphatic rings. The molecule has 0 amide bonds. The molecule has 1 aliphatic heterocycles. The van der Waals surface area contributed by atoms with Gasteiger partial charge >= 0.3 is 0 Å². The molecule has 1 N–H and O–H groups in total. The highest BCUT2D eigenvalue weighted by molar-refractivity contribution is 5.16. The van der Waals surface area contributed by atoms with Crippen LogP contribution in [0, 0.1) is 11.7 Å². The number of piperidine rings is 1. The number of hydrogen-bond acceptors (Lipinski definition) is 3. The maximum Gasteiger partial charge on any atom is 0.129 e. The number of nitrogens with zero attached hydrogens (tertiary/aromatic N) is 1. The van der Waals surface area contributed by atoms with Gasteiger partial charge in [0.15, 0.2) is 0 Å². The first kappa shape index (κ1) is 16.2. The van der Waals surface area contributed by atoms with Crippen LogP contribution in [-0.2, 0) is 19.6 Å². The van der Waals surface area contributed by atoms with E-state index in [1.807, 2.05) is 18.2 Å². The Kier molecular flexibility index (Phi) is 5.47. The van der Waals surface area contributed by atoms with Crippen molar-refractivity contribution in [3.8, 4) is 0 Å². The van der Waals surface area contributed by atoms with Gasteiger partial charge in [-0.1, -0.05) is 12.1 Å². The van der Waals surface area contributed by atoms with E-state index in [0.29, 0.717) is 11.7 Å². The number of aliphatic hydroxyl groups is 1. The smallest absolute Gasteiger partial charge is 0.129 e. The summed E-state index contributed by atoms with van der Waals surface area (Å²) in [7, 11) is 0. The van der Waals surface area contributed by atoms with Gasteiger partial charge in [0.05, 0.1) is 6.54 Å². The number of furan rings is 1. The van der Waals surface area contributed by atoms with Gasteiger partial charge in [-0.25, -0.2) is 4.39 Å². The van der Waals surface area contributed by atoms with E-state index in [2.05, 4.69) is 4.90 Å². The molecule has 124 valence electrons. The van der Waals surface area contributed by atoms with Gasteiger partial charge in [-0.3, -0.25) is 4.90 Å². The molecule has 0 spiro atoms. The molecule has 4 heteroatoms. The zero-order valence-electron chi connectivity index (χ0n) is 13.4. The van der Waals surface area contributed by atoms with Crippen LogP contribution in [-0.4, -0.2) is 23.1 Å². The Morgan fingerprint density at radius 2 is 2.09 bits per heavy atom. The van der Waals surface area contributed by atoms with Crippen molar-refractivity contribution in [3.05, 3.63) is 59.3 Å². The number of aliphatic hydroxyl groups excluding tert-OH is 1. The van der Waals surface area contributed by atoms with Crippen LogP contribution in [0.15, 0.2) is 40.8 Å². The fourth-order valence-electron chi connectivity index (χ4n) is 3.41. The zero-order valence-corrected chi connectivity index (χ0v) is 13.4. The van der Waals surface area contributed by atoms with Crippen LogP contribution in [0.4, 0.5) is 4.39 Å². The average Bonchev–Trinajstić information content (AvgIpc) is 3.01. The molecule has 2 aromatic rings. The quantitative estimate of drug-likeness (QED) is 0.881. The molecule has 3 nitrogen and oxygen atoms in total. The first-order chi connectivity index (χ1) is 11.2. The number of hydrogen-bond donors (Lipinski definition) is 1. The summed E-state index contributed by atoms with van der Waals surface area (Å²) in [5, 5.41) is 9.06. The van der Waals surface area contributed by atoms with Gasteiger partial charge in [-0.05, 0) is 68.0 Å². The van der Waals surface area contributed by atoms with Crippen molar-refractivity contribution in [1.82, 2.24) is 4.90 Å². The van der Waals surface area contributed by atoms with E-state index >= 15 is 0 Å². The second kappa shape index (κ2) is 7.75. The molecule has 1 atom stereocenters. The van der Waals surface area contributed by atoms with Crippen molar-refractivity contribution in [2.24, 2.45) is 5.92 Å². The predicted molar refractivity (Wildman–Crippen MR) is 87.4 cm³/mol. The minimum atomic E-state index is -0.148. The van der Waals surface area contributed by atoms with E-state index in [4.69, 9.17) is 9.52 Å². The number of aryl methyl sites for hydroxylation is 1. The van der Waals surface area contributed by atoms with Crippen LogP contribution in [0.25, 0.3) is 0 Å². The SMILES string of the molecule is OCc1ccc(CN2CCC[C@H](CCc3cccc(F)c3)C2)o1. The maximum absolute atomic E-state index is 13.2. The fourth-order valence-corrected chi connectivity index (χ4v) is 3.41. The van der Waals surface area contributed by atoms with Crippen molar-refractivity contribution >= 4 is 0 Å². The predicted octanol–water partition coefficient (Wildman–Crippen LogP) is 3.76. The monoisotopic (exact) mass is 317 g/mol. The molecule has 23 heavy (non-hydrogen) atoms. The lowest BCUT2D eigenvalue weighted by Gasteiger charge is -2.32. The van der Waals surface area contributed by atoms with Crippen LogP contribution >= 0.6 is 0 Å². The van der Waals surface area contributed by atoms with Crippen molar-refractivity contribution in [3.63, 3.8) is 0 Å². The molecule has 1 aromatic heterocycles. The van der Waals surface area contributed by atoms with Gasteiger partial charge in [-0.15, -0.1) is 0 Å². The van der Waals surface area contributed by atoms with E-state index in [-0.39, 0.29) is 12.4 Å². The Morgan fingerprint density at radius 3 is 2.87 bits per heavy atom. The summed E-state index contributed by atoms with van der Waals surface area (Å²) < 4.78 is 18.8. The molecule has 1 saturated heterocycles. The van der Waals surface area contributed by atoms with Gasteiger partial charge < -0.3 is 9.52 Å². The normalized spacial score (nSPS) is 19.1. The van der Waals surface area contributed by atoms with Gasteiger partial charge in [0.1, 0.15) is 23.9 Å². The number of likely N-dealkylation sites (tertiary alicyclic amines) is 1. The highest BCUT2D eigenvalue weighted by Crippen LogP contribution is 2.23. The van der Waals surface area contributed by atoms with E-state index in [9.17, 15) is 4.39 Å². The number of rotatable bonds is 6. The topological polar surface area (TPSA) is 36.6 Å². The van der Waals surface area contributed by atoms with E-state index in [1.165, 1.54) is 18.9 Å². The third-order valence-corrected chi connectivity index (χ3v) is 4.59. The van der Waals surface area contributed by atoms with Gasteiger partial charge in [-0.2, -0.15) is 0 Å². The van der Waals surface area contributed by atoms with Gasteiger partial charge in [0.2, 0.25) is 0 Å². The minimum Gasteiger partial charge on any atom is -0.462 e. The standard InChI is InChI=1S/C19H24FNO2/c20-17-5-1-3-15(11-17)6-7-16-4-2-10-21(12-16)13-18-8-9-19(14-22)23-18/h1,3,5,8-9,11,16,22H,2,4,6-7,10,12-14H2/t16-/m1/s1. The second-order valence-electron chi connectivity index (χ2n) is 6.44. The Labute approximate surface area is 136 Å². The van der Waals surface area contributed by atoms with Gasteiger partial charge in [0, 0.05) is 6.54 Å². The fraction of sp³-hybridized carbons (Fsp3) is 0.474. The summed E-state index contributed by atoms with van der Waals surface area (Å²) >= 11 is 0. The van der Waals surface area contributed by atoms with Crippen molar-refractivity contribution in [1.29, 1.82) is 0 Å². The molecular weight excluding hydrogens is 293 g/mol. The van der Waals surface area contributed by atoms with Crippen molar-refractivity contribution < 1.29 is 13.9 Å². The molecule has 0 bridgehead atoms. The largest absolute Gasteiger partial charge is 0.462 e. The first-order valence-corrected chi connectivity index (χ1v) is 8.38. The Bertz CT molecular complexity index is 625. The summed E-state index contributed by atoms with van der Waals surface area (Å²) in [5.74, 6) is 2.05. The van der Waals surface area contributed by atoms with Crippen LogP contribution in [0.3, 0.4) is 0 Å². The first-order valence-electron chi connectivity index (χ1n) is 8.38. The van der Waals surface area contributed by atoms with Crippen LogP contribution in [0.5, 0.6) is 0 Å². The van der Waals surface area contributed by atoms with E-state index in [0.717, 1.165) is 43.8 Å². The summed E-state index contributed by atoms with van der Waals surface area (Å²) in [5.41, 5.74) is 1.08. The summed E-state index contributed by atoms with van der Waals surface area (Å²) in [6.45, 7) is 2.91. The summed E-state index contributed by atoms with van der Waals surface area (Å²) in [4.78, 5) is 2.42. The molecule has 0 saturated carbocycles. The highest BCUT2D eigenvalue weighted by Gasteiger charge is 2.20. The summed E-state index contributed by atoms with van der Waals surface area (Å²) in [6.07, 6.45) is 4.47. The lowest BCUT2D eigenvalue weighted by atomic mass is 9.91. The Hall–Kier alpha value is -1.65. The molecule has 1 fully saturated rings. The molecule has 3 rings (SSSR count). The van der Waals surface area contributed by atoms with Gasteiger partial charge in [0.25, 0.3) is 0 Å². The molecule has 1 aromatic carbocycles. The zero-order chi connectivity index (χ0) is 16.1. The summed E-state index contributed by atoms with van der Waals surface area (Å²) in [6, 6.07) is 10.7. The second-order valence-corrected chi connectivity index (χ2v) is 6.44. The van der Waals surface area contributed by atoms with Crippen molar-refractivity contribution in [2.45, 2.75) is 38.8 Å². The third kappa shape index (κ3) is 4.66. The molecular formula is C19H24FNO2. The van der Waals surface area contributed by atoms with E-state index in [1.54, 1.807) is 12.1 Å². The van der Waals surface area contributed by atoms with Crippen LogP contribution in [0.1, 0.15) is 36.3 Å². The molecule has 0 aliphatic carbocycles.